The van der Waals surface area contributed by atoms with Gasteiger partial charge in [-0.1, -0.05) is 97.1 Å². The number of nitriles is 1. The number of nitrogens with zero attached hydrogens (tertiary/aromatic N) is 3. The fourth-order valence-corrected chi connectivity index (χ4v) is 6.27. The molecular formula is C37H23N3. The third-order valence-corrected chi connectivity index (χ3v) is 7.96. The van der Waals surface area contributed by atoms with Gasteiger partial charge in [-0.3, -0.25) is 0 Å². The molecule has 0 radical (unpaired) electrons. The molecule has 0 N–H and O–H groups in total. The van der Waals surface area contributed by atoms with Gasteiger partial charge in [0.05, 0.1) is 33.3 Å². The Morgan fingerprint density at radius 3 is 1.65 bits per heavy atom. The maximum Gasteiger partial charge on any atom is 0.101 e. The van der Waals surface area contributed by atoms with E-state index in [1.165, 1.54) is 21.8 Å². The molecule has 0 bridgehead atoms. The van der Waals surface area contributed by atoms with E-state index in [4.69, 9.17) is 0 Å². The highest BCUT2D eigenvalue weighted by atomic mass is 15.0. The summed E-state index contributed by atoms with van der Waals surface area (Å²) in [4.78, 5) is 0. The summed E-state index contributed by atoms with van der Waals surface area (Å²) in [6, 6.07) is 51.2. The first-order valence-corrected chi connectivity index (χ1v) is 13.4. The first-order valence-electron chi connectivity index (χ1n) is 13.4. The van der Waals surface area contributed by atoms with Gasteiger partial charge in [-0.2, -0.15) is 5.26 Å². The highest BCUT2D eigenvalue weighted by molar-refractivity contribution is 6.12. The van der Waals surface area contributed by atoms with Gasteiger partial charge in [0, 0.05) is 32.8 Å². The molecule has 8 rings (SSSR count). The average Bonchev–Trinajstić information content (AvgIpc) is 3.53. The largest absolute Gasteiger partial charge is 0.309 e. The minimum atomic E-state index is 0.649. The van der Waals surface area contributed by atoms with Crippen molar-refractivity contribution in [1.82, 2.24) is 9.13 Å². The summed E-state index contributed by atoms with van der Waals surface area (Å²) in [5.41, 5.74) is 9.33. The molecule has 2 heterocycles. The van der Waals surface area contributed by atoms with E-state index in [9.17, 15) is 5.26 Å². The maximum atomic E-state index is 10.2. The van der Waals surface area contributed by atoms with Crippen LogP contribution in [0.2, 0.25) is 0 Å². The summed E-state index contributed by atoms with van der Waals surface area (Å²) in [5.74, 6) is 0. The molecule has 8 aromatic rings. The van der Waals surface area contributed by atoms with Crippen LogP contribution in [0, 0.1) is 11.3 Å². The molecular weight excluding hydrogens is 486 g/mol. The first kappa shape index (κ1) is 22.4. The Hall–Kier alpha value is -5.59. The number of aromatic nitrogens is 2. The topological polar surface area (TPSA) is 33.6 Å². The lowest BCUT2D eigenvalue weighted by atomic mass is 10.00. The van der Waals surface area contributed by atoms with Gasteiger partial charge in [-0.15, -0.1) is 0 Å². The van der Waals surface area contributed by atoms with Crippen molar-refractivity contribution in [3.8, 4) is 28.6 Å². The number of hydrogen-bond donors (Lipinski definition) is 0. The zero-order chi connectivity index (χ0) is 26.6. The molecule has 3 nitrogen and oxygen atoms in total. The van der Waals surface area contributed by atoms with Crippen LogP contribution in [-0.4, -0.2) is 9.13 Å². The smallest absolute Gasteiger partial charge is 0.101 e. The highest BCUT2D eigenvalue weighted by Crippen LogP contribution is 2.39. The normalized spacial score (nSPS) is 11.5. The fraction of sp³-hybridized carbons (Fsp3) is 0. The van der Waals surface area contributed by atoms with Crippen LogP contribution in [-0.2, 0) is 0 Å². The quantitative estimate of drug-likeness (QED) is 0.233. The van der Waals surface area contributed by atoms with Crippen molar-refractivity contribution in [2.45, 2.75) is 0 Å². The summed E-state index contributed by atoms with van der Waals surface area (Å²) >= 11 is 0. The molecule has 186 valence electrons. The van der Waals surface area contributed by atoms with Crippen LogP contribution in [0.5, 0.6) is 0 Å². The van der Waals surface area contributed by atoms with Crippen LogP contribution >= 0.6 is 0 Å². The molecule has 0 fully saturated rings. The Balaban J connectivity index is 1.47. The third kappa shape index (κ3) is 3.17. The van der Waals surface area contributed by atoms with Gasteiger partial charge in [0.25, 0.3) is 0 Å². The molecule has 0 unspecified atom stereocenters. The van der Waals surface area contributed by atoms with Crippen LogP contribution in [0.1, 0.15) is 5.56 Å². The molecule has 0 aliphatic rings. The standard InChI is InChI=1S/C37H23N3/c38-24-26-13-10-17-28(25-11-2-1-3-12-25)37(26)40-35-20-9-6-16-31(35)32-23-27(21-22-36(32)40)39-33-18-7-4-14-29(33)30-15-5-8-19-34(30)39/h1-23H. The third-order valence-electron chi connectivity index (χ3n) is 7.96. The molecule has 40 heavy (non-hydrogen) atoms. The summed E-state index contributed by atoms with van der Waals surface area (Å²) in [6.45, 7) is 0. The summed E-state index contributed by atoms with van der Waals surface area (Å²) < 4.78 is 4.62. The molecule has 0 spiro atoms. The van der Waals surface area contributed by atoms with Crippen molar-refractivity contribution in [1.29, 1.82) is 5.26 Å². The summed E-state index contributed by atoms with van der Waals surface area (Å²) in [5, 5.41) is 15.0. The van der Waals surface area contributed by atoms with E-state index in [1.54, 1.807) is 0 Å². The lowest BCUT2D eigenvalue weighted by molar-refractivity contribution is 1.16. The van der Waals surface area contributed by atoms with Crippen molar-refractivity contribution in [3.63, 3.8) is 0 Å². The van der Waals surface area contributed by atoms with Crippen LogP contribution in [0.4, 0.5) is 0 Å². The Labute approximate surface area is 231 Å². The molecule has 2 aromatic heterocycles. The van der Waals surface area contributed by atoms with Crippen LogP contribution < -0.4 is 0 Å². The molecule has 0 aliphatic heterocycles. The second kappa shape index (κ2) is 8.73. The van der Waals surface area contributed by atoms with Crippen molar-refractivity contribution in [2.75, 3.05) is 0 Å². The van der Waals surface area contributed by atoms with Gasteiger partial charge in [0.15, 0.2) is 0 Å². The van der Waals surface area contributed by atoms with E-state index in [0.717, 1.165) is 44.3 Å². The van der Waals surface area contributed by atoms with E-state index in [1.807, 2.05) is 30.3 Å². The minimum Gasteiger partial charge on any atom is -0.309 e. The number of fused-ring (bicyclic) bond motifs is 6. The van der Waals surface area contributed by atoms with Gasteiger partial charge in [-0.25, -0.2) is 0 Å². The Kier molecular flexibility index (Phi) is 4.89. The molecule has 0 atom stereocenters. The van der Waals surface area contributed by atoms with Crippen LogP contribution in [0.15, 0.2) is 140 Å². The molecule has 3 heteroatoms. The average molecular weight is 510 g/mol. The maximum absolute atomic E-state index is 10.2. The number of benzene rings is 6. The van der Waals surface area contributed by atoms with Crippen molar-refractivity contribution in [3.05, 3.63) is 145 Å². The number of rotatable bonds is 3. The van der Waals surface area contributed by atoms with Crippen LogP contribution in [0.25, 0.3) is 66.1 Å². The Morgan fingerprint density at radius 1 is 0.450 bits per heavy atom. The predicted molar refractivity (Wildman–Crippen MR) is 165 cm³/mol. The zero-order valence-electron chi connectivity index (χ0n) is 21.6. The second-order valence-corrected chi connectivity index (χ2v) is 10.1. The lowest BCUT2D eigenvalue weighted by Gasteiger charge is -2.16. The van der Waals surface area contributed by atoms with Gasteiger partial charge in [-0.05, 0) is 48.0 Å². The number of hydrogen-bond acceptors (Lipinski definition) is 1. The van der Waals surface area contributed by atoms with E-state index in [-0.39, 0.29) is 0 Å². The van der Waals surface area contributed by atoms with Crippen molar-refractivity contribution in [2.24, 2.45) is 0 Å². The number of para-hydroxylation sites is 4. The minimum absolute atomic E-state index is 0.649. The Morgan fingerprint density at radius 2 is 1.00 bits per heavy atom. The van der Waals surface area contributed by atoms with E-state index in [0.29, 0.717) is 5.56 Å². The zero-order valence-corrected chi connectivity index (χ0v) is 21.6. The fourth-order valence-electron chi connectivity index (χ4n) is 6.27. The lowest BCUT2D eigenvalue weighted by Crippen LogP contribution is -2.01. The van der Waals surface area contributed by atoms with E-state index in [2.05, 4.69) is 124 Å². The SMILES string of the molecule is N#Cc1cccc(-c2ccccc2)c1-n1c2ccccc2c2cc(-n3c4ccccc4c4ccccc43)ccc21. The van der Waals surface area contributed by atoms with Gasteiger partial charge in [0.1, 0.15) is 6.07 Å². The summed E-state index contributed by atoms with van der Waals surface area (Å²) in [7, 11) is 0. The monoisotopic (exact) mass is 509 g/mol. The molecule has 0 saturated carbocycles. The van der Waals surface area contributed by atoms with Gasteiger partial charge in [0.2, 0.25) is 0 Å². The molecule has 0 saturated heterocycles. The first-order chi connectivity index (χ1) is 19.8. The van der Waals surface area contributed by atoms with Gasteiger partial charge < -0.3 is 9.13 Å². The predicted octanol–water partition coefficient (Wildman–Crippen LogP) is 9.42. The second-order valence-electron chi connectivity index (χ2n) is 10.1. The summed E-state index contributed by atoms with van der Waals surface area (Å²) in [6.07, 6.45) is 0. The van der Waals surface area contributed by atoms with Gasteiger partial charge >= 0.3 is 0 Å². The molecule has 0 aliphatic carbocycles. The van der Waals surface area contributed by atoms with Crippen molar-refractivity contribution < 1.29 is 0 Å². The van der Waals surface area contributed by atoms with E-state index < -0.39 is 0 Å². The van der Waals surface area contributed by atoms with E-state index >= 15 is 0 Å². The molecule has 6 aromatic carbocycles. The Bertz CT molecular complexity index is 2220. The van der Waals surface area contributed by atoms with Crippen LogP contribution in [0.3, 0.4) is 0 Å². The molecule has 0 amide bonds. The van der Waals surface area contributed by atoms with Crippen molar-refractivity contribution >= 4 is 43.6 Å². The highest BCUT2D eigenvalue weighted by Gasteiger charge is 2.20.